The van der Waals surface area contributed by atoms with Crippen molar-refractivity contribution in [2.45, 2.75) is 31.8 Å². The molecule has 1 saturated carbocycles. The maximum atomic E-state index is 12.2. The van der Waals surface area contributed by atoms with Crippen molar-refractivity contribution in [1.82, 2.24) is 9.88 Å². The number of aromatic nitrogens is 1. The number of carboxylic acids is 1. The number of ether oxygens (including phenoxy) is 1. The molecule has 1 aliphatic rings. The van der Waals surface area contributed by atoms with Crippen LogP contribution in [0.15, 0.2) is 18.3 Å². The molecule has 0 aromatic carbocycles. The van der Waals surface area contributed by atoms with Gasteiger partial charge in [0.2, 0.25) is 0 Å². The van der Waals surface area contributed by atoms with Gasteiger partial charge in [0.25, 0.3) is 5.91 Å². The number of carbonyl (C=O) groups excluding carboxylic acids is 1. The van der Waals surface area contributed by atoms with Crippen molar-refractivity contribution >= 4 is 11.9 Å². The number of aliphatic carboxylic acids is 1. The van der Waals surface area contributed by atoms with Crippen LogP contribution in [0.3, 0.4) is 0 Å². The standard InChI is InChI=1S/C14H20N2O4/c1-20-8-7-16-6-2-3-12(16)13(17)15-11-5-4-10(9-11)14(18)19/h2-3,6,10-11H,4-5,7-9H2,1H3,(H,15,17)(H,18,19). The first-order valence-electron chi connectivity index (χ1n) is 6.79. The lowest BCUT2D eigenvalue weighted by atomic mass is 10.1. The molecule has 0 bridgehead atoms. The number of hydrogen-bond acceptors (Lipinski definition) is 3. The molecule has 0 aliphatic heterocycles. The number of rotatable bonds is 6. The number of nitrogens with one attached hydrogen (secondary N) is 1. The van der Waals surface area contributed by atoms with E-state index in [9.17, 15) is 9.59 Å². The molecular formula is C14H20N2O4. The lowest BCUT2D eigenvalue weighted by Gasteiger charge is -2.14. The molecule has 1 amide bonds. The molecule has 6 nitrogen and oxygen atoms in total. The Hall–Kier alpha value is -1.82. The van der Waals surface area contributed by atoms with Gasteiger partial charge in [-0.2, -0.15) is 0 Å². The van der Waals surface area contributed by atoms with Crippen molar-refractivity contribution in [2.75, 3.05) is 13.7 Å². The molecule has 6 heteroatoms. The largest absolute Gasteiger partial charge is 0.481 e. The number of carboxylic acid groups (broad SMARTS) is 1. The molecule has 2 atom stereocenters. The maximum absolute atomic E-state index is 12.2. The van der Waals surface area contributed by atoms with Crippen molar-refractivity contribution in [3.05, 3.63) is 24.0 Å². The summed E-state index contributed by atoms with van der Waals surface area (Å²) in [6.07, 6.45) is 3.70. The average molecular weight is 280 g/mol. The van der Waals surface area contributed by atoms with Gasteiger partial charge in [-0.15, -0.1) is 0 Å². The summed E-state index contributed by atoms with van der Waals surface area (Å²) in [5.41, 5.74) is 0.584. The van der Waals surface area contributed by atoms with E-state index in [1.165, 1.54) is 0 Å². The van der Waals surface area contributed by atoms with Crippen molar-refractivity contribution < 1.29 is 19.4 Å². The first kappa shape index (κ1) is 14.6. The van der Waals surface area contributed by atoms with Crippen LogP contribution in [0, 0.1) is 5.92 Å². The Labute approximate surface area is 117 Å². The molecule has 1 aliphatic carbocycles. The van der Waals surface area contributed by atoms with E-state index in [0.29, 0.717) is 31.7 Å². The third kappa shape index (κ3) is 3.39. The number of carbonyl (C=O) groups is 2. The SMILES string of the molecule is COCCn1cccc1C(=O)NC1CCC(C(=O)O)C1. The van der Waals surface area contributed by atoms with E-state index in [4.69, 9.17) is 9.84 Å². The van der Waals surface area contributed by atoms with E-state index in [0.717, 1.165) is 6.42 Å². The zero-order valence-corrected chi connectivity index (χ0v) is 11.5. The van der Waals surface area contributed by atoms with Crippen molar-refractivity contribution in [2.24, 2.45) is 5.92 Å². The number of amides is 1. The molecule has 1 aromatic rings. The minimum absolute atomic E-state index is 0.0469. The highest BCUT2D eigenvalue weighted by Gasteiger charge is 2.30. The molecular weight excluding hydrogens is 260 g/mol. The van der Waals surface area contributed by atoms with Crippen LogP contribution in [0.25, 0.3) is 0 Å². The van der Waals surface area contributed by atoms with Gasteiger partial charge in [0, 0.05) is 25.9 Å². The van der Waals surface area contributed by atoms with Gasteiger partial charge in [-0.05, 0) is 31.4 Å². The summed E-state index contributed by atoms with van der Waals surface area (Å²) < 4.78 is 6.84. The fraction of sp³-hybridized carbons (Fsp3) is 0.571. The summed E-state index contributed by atoms with van der Waals surface area (Å²) in [6.45, 7) is 1.16. The van der Waals surface area contributed by atoms with Crippen LogP contribution in [0.1, 0.15) is 29.8 Å². The normalized spacial score (nSPS) is 21.9. The molecule has 1 heterocycles. The third-order valence-electron chi connectivity index (χ3n) is 3.72. The zero-order chi connectivity index (χ0) is 14.5. The van der Waals surface area contributed by atoms with E-state index in [2.05, 4.69) is 5.32 Å². The second-order valence-corrected chi connectivity index (χ2v) is 5.10. The van der Waals surface area contributed by atoms with Gasteiger partial charge in [-0.25, -0.2) is 0 Å². The molecule has 110 valence electrons. The predicted molar refractivity (Wildman–Crippen MR) is 72.5 cm³/mol. The smallest absolute Gasteiger partial charge is 0.306 e. The van der Waals surface area contributed by atoms with Crippen molar-refractivity contribution in [1.29, 1.82) is 0 Å². The lowest BCUT2D eigenvalue weighted by molar-refractivity contribution is -0.141. The second-order valence-electron chi connectivity index (χ2n) is 5.10. The summed E-state index contributed by atoms with van der Waals surface area (Å²) in [7, 11) is 1.62. The quantitative estimate of drug-likeness (QED) is 0.818. The number of nitrogens with zero attached hydrogens (tertiary/aromatic N) is 1. The first-order chi connectivity index (χ1) is 9.61. The minimum atomic E-state index is -0.773. The van der Waals surface area contributed by atoms with E-state index >= 15 is 0 Å². The molecule has 0 saturated heterocycles. The molecule has 2 unspecified atom stereocenters. The van der Waals surface area contributed by atoms with Gasteiger partial charge in [0.05, 0.1) is 12.5 Å². The Balaban J connectivity index is 1.92. The predicted octanol–water partition coefficient (Wildman–Crippen LogP) is 1.12. The van der Waals surface area contributed by atoms with Gasteiger partial charge in [-0.3, -0.25) is 9.59 Å². The Bertz CT molecular complexity index is 483. The number of methoxy groups -OCH3 is 1. The third-order valence-corrected chi connectivity index (χ3v) is 3.72. The highest BCUT2D eigenvalue weighted by Crippen LogP contribution is 2.25. The number of hydrogen-bond donors (Lipinski definition) is 2. The minimum Gasteiger partial charge on any atom is -0.481 e. The molecule has 0 spiro atoms. The van der Waals surface area contributed by atoms with Crippen molar-refractivity contribution in [3.8, 4) is 0 Å². The van der Waals surface area contributed by atoms with Crippen LogP contribution in [0.2, 0.25) is 0 Å². The van der Waals surface area contributed by atoms with Gasteiger partial charge in [0.15, 0.2) is 0 Å². The molecule has 1 aromatic heterocycles. The zero-order valence-electron chi connectivity index (χ0n) is 11.5. The van der Waals surface area contributed by atoms with Crippen LogP contribution in [-0.2, 0) is 16.1 Å². The Morgan fingerprint density at radius 1 is 1.50 bits per heavy atom. The molecule has 2 N–H and O–H groups in total. The Morgan fingerprint density at radius 2 is 2.30 bits per heavy atom. The van der Waals surface area contributed by atoms with Crippen LogP contribution in [0.4, 0.5) is 0 Å². The van der Waals surface area contributed by atoms with Crippen LogP contribution < -0.4 is 5.32 Å². The fourth-order valence-electron chi connectivity index (χ4n) is 2.60. The summed E-state index contributed by atoms with van der Waals surface area (Å²) >= 11 is 0. The Kier molecular flexibility index (Phi) is 4.79. The maximum Gasteiger partial charge on any atom is 0.306 e. The summed E-state index contributed by atoms with van der Waals surface area (Å²) in [5.74, 6) is -1.26. The monoisotopic (exact) mass is 280 g/mol. The molecule has 1 fully saturated rings. The van der Waals surface area contributed by atoms with Crippen LogP contribution in [0.5, 0.6) is 0 Å². The van der Waals surface area contributed by atoms with Gasteiger partial charge < -0.3 is 19.7 Å². The van der Waals surface area contributed by atoms with E-state index in [1.807, 2.05) is 16.8 Å². The highest BCUT2D eigenvalue weighted by molar-refractivity contribution is 5.93. The summed E-state index contributed by atoms with van der Waals surface area (Å²) in [4.78, 5) is 23.1. The summed E-state index contributed by atoms with van der Waals surface area (Å²) in [5, 5.41) is 11.9. The Morgan fingerprint density at radius 3 is 2.95 bits per heavy atom. The fourth-order valence-corrected chi connectivity index (χ4v) is 2.60. The summed E-state index contributed by atoms with van der Waals surface area (Å²) in [6, 6.07) is 3.53. The van der Waals surface area contributed by atoms with Gasteiger partial charge in [0.1, 0.15) is 5.69 Å². The van der Waals surface area contributed by atoms with Gasteiger partial charge in [-0.1, -0.05) is 0 Å². The highest BCUT2D eigenvalue weighted by atomic mass is 16.5. The topological polar surface area (TPSA) is 80.6 Å². The van der Waals surface area contributed by atoms with Crippen LogP contribution in [-0.4, -0.2) is 41.3 Å². The molecule has 0 radical (unpaired) electrons. The molecule has 20 heavy (non-hydrogen) atoms. The lowest BCUT2D eigenvalue weighted by Crippen LogP contribution is -2.34. The second kappa shape index (κ2) is 6.56. The average Bonchev–Trinajstić information content (AvgIpc) is 3.04. The van der Waals surface area contributed by atoms with Gasteiger partial charge >= 0.3 is 5.97 Å². The van der Waals surface area contributed by atoms with E-state index < -0.39 is 5.97 Å². The molecule has 2 rings (SSSR count). The first-order valence-corrected chi connectivity index (χ1v) is 6.79. The van der Waals surface area contributed by atoms with Crippen LogP contribution >= 0.6 is 0 Å². The van der Waals surface area contributed by atoms with E-state index in [1.54, 1.807) is 13.2 Å². The van der Waals surface area contributed by atoms with Crippen molar-refractivity contribution in [3.63, 3.8) is 0 Å². The van der Waals surface area contributed by atoms with E-state index in [-0.39, 0.29) is 17.9 Å².